The molecule has 0 aliphatic carbocycles. The largest absolute Gasteiger partial charge is 0.324 e. The summed E-state index contributed by atoms with van der Waals surface area (Å²) < 4.78 is 13.7. The molecule has 0 fully saturated rings. The van der Waals surface area contributed by atoms with Gasteiger partial charge in [0.15, 0.2) is 5.78 Å². The van der Waals surface area contributed by atoms with Gasteiger partial charge >= 0.3 is 0 Å². The molecule has 0 aliphatic heterocycles. The average Bonchev–Trinajstić information content (AvgIpc) is 3.03. The number of carbonyl (C=O) groups excluding carboxylic acids is 2. The monoisotopic (exact) mass is 339 g/mol. The maximum atomic E-state index is 13.7. The number of ketones is 1. The summed E-state index contributed by atoms with van der Waals surface area (Å²) in [7, 11) is 0. The van der Waals surface area contributed by atoms with Crippen LogP contribution < -0.4 is 5.32 Å². The molecule has 2 aromatic carbocycles. The zero-order valence-corrected chi connectivity index (χ0v) is 13.3. The highest BCUT2D eigenvalue weighted by atomic mass is 19.1. The van der Waals surface area contributed by atoms with Gasteiger partial charge in [0.25, 0.3) is 0 Å². The fourth-order valence-electron chi connectivity index (χ4n) is 2.21. The molecule has 0 saturated heterocycles. The highest BCUT2D eigenvalue weighted by Crippen LogP contribution is 2.17. The molecule has 7 nitrogen and oxygen atoms in total. The first kappa shape index (κ1) is 16.4. The Morgan fingerprint density at radius 3 is 2.72 bits per heavy atom. The van der Waals surface area contributed by atoms with Crippen LogP contribution >= 0.6 is 0 Å². The maximum Gasteiger partial charge on any atom is 0.248 e. The molecule has 126 valence electrons. The zero-order chi connectivity index (χ0) is 17.8. The van der Waals surface area contributed by atoms with E-state index >= 15 is 0 Å². The number of Topliss-reactive ketones (excluding diaryl/α,β-unsaturated/α-hetero) is 1. The average molecular weight is 339 g/mol. The van der Waals surface area contributed by atoms with E-state index in [0.717, 1.165) is 4.80 Å². The van der Waals surface area contributed by atoms with E-state index in [0.29, 0.717) is 11.3 Å². The molecule has 1 N–H and O–H groups in total. The van der Waals surface area contributed by atoms with Crippen molar-refractivity contribution in [1.29, 1.82) is 0 Å². The molecule has 0 bridgehead atoms. The Morgan fingerprint density at radius 1 is 1.16 bits per heavy atom. The second-order valence-electron chi connectivity index (χ2n) is 5.31. The van der Waals surface area contributed by atoms with Crippen LogP contribution in [0.25, 0.3) is 11.4 Å². The van der Waals surface area contributed by atoms with Crippen LogP contribution in [0.15, 0.2) is 48.5 Å². The highest BCUT2D eigenvalue weighted by Gasteiger charge is 2.12. The Bertz CT molecular complexity index is 938. The van der Waals surface area contributed by atoms with Crippen LogP contribution in [0.4, 0.5) is 10.1 Å². The van der Waals surface area contributed by atoms with E-state index < -0.39 is 11.7 Å². The normalized spacial score (nSPS) is 10.5. The van der Waals surface area contributed by atoms with E-state index in [-0.39, 0.29) is 23.7 Å². The summed E-state index contributed by atoms with van der Waals surface area (Å²) in [4.78, 5) is 24.5. The fraction of sp³-hybridized carbons (Fsp3) is 0.118. The van der Waals surface area contributed by atoms with E-state index in [1.165, 1.54) is 19.1 Å². The van der Waals surface area contributed by atoms with Gasteiger partial charge in [-0.25, -0.2) is 4.39 Å². The molecule has 1 heterocycles. The van der Waals surface area contributed by atoms with Gasteiger partial charge in [-0.1, -0.05) is 24.3 Å². The molecule has 25 heavy (non-hydrogen) atoms. The number of tetrazole rings is 1. The molecule has 0 aliphatic rings. The van der Waals surface area contributed by atoms with Crippen molar-refractivity contribution in [3.05, 3.63) is 59.9 Å². The molecule has 0 unspecified atom stereocenters. The van der Waals surface area contributed by atoms with Gasteiger partial charge in [-0.2, -0.15) is 4.80 Å². The lowest BCUT2D eigenvalue weighted by atomic mass is 10.1. The Balaban J connectivity index is 1.69. The van der Waals surface area contributed by atoms with Gasteiger partial charge < -0.3 is 5.32 Å². The van der Waals surface area contributed by atoms with Crippen LogP contribution in [0, 0.1) is 5.82 Å². The maximum absolute atomic E-state index is 13.7. The number of nitrogens with zero attached hydrogens (tertiary/aromatic N) is 4. The lowest BCUT2D eigenvalue weighted by Crippen LogP contribution is -2.20. The minimum atomic E-state index is -0.465. The van der Waals surface area contributed by atoms with Crippen molar-refractivity contribution in [2.45, 2.75) is 13.5 Å². The van der Waals surface area contributed by atoms with Gasteiger partial charge in [0.2, 0.25) is 11.7 Å². The van der Waals surface area contributed by atoms with E-state index in [1.54, 1.807) is 36.4 Å². The van der Waals surface area contributed by atoms with Crippen LogP contribution in [0.3, 0.4) is 0 Å². The summed E-state index contributed by atoms with van der Waals surface area (Å²) in [5.41, 5.74) is 1.20. The van der Waals surface area contributed by atoms with Crippen molar-refractivity contribution < 1.29 is 14.0 Å². The second-order valence-corrected chi connectivity index (χ2v) is 5.31. The summed E-state index contributed by atoms with van der Waals surface area (Å²) in [5.74, 6) is -0.848. The van der Waals surface area contributed by atoms with Gasteiger partial charge in [0.1, 0.15) is 12.4 Å². The Kier molecular flexibility index (Phi) is 4.60. The van der Waals surface area contributed by atoms with Gasteiger partial charge in [0, 0.05) is 11.3 Å². The van der Waals surface area contributed by atoms with Gasteiger partial charge in [-0.15, -0.1) is 10.2 Å². The van der Waals surface area contributed by atoms with Crippen LogP contribution in [-0.2, 0) is 11.3 Å². The smallest absolute Gasteiger partial charge is 0.248 e. The van der Waals surface area contributed by atoms with Crippen molar-refractivity contribution in [3.63, 3.8) is 0 Å². The summed E-state index contributed by atoms with van der Waals surface area (Å²) >= 11 is 0. The standard InChI is InChI=1S/C17H14FN5O2/c1-11(24)12-5-4-6-13(9-12)19-16(25)10-23-21-17(20-22-23)14-7-2-3-8-15(14)18/h2-9H,10H2,1H3,(H,19,25). The number of halogens is 1. The molecule has 3 rings (SSSR count). The van der Waals surface area contributed by atoms with Crippen molar-refractivity contribution >= 4 is 17.4 Å². The van der Waals surface area contributed by atoms with Crippen LogP contribution in [0.1, 0.15) is 17.3 Å². The number of hydrogen-bond donors (Lipinski definition) is 1. The number of aromatic nitrogens is 4. The highest BCUT2D eigenvalue weighted by molar-refractivity contribution is 5.97. The lowest BCUT2D eigenvalue weighted by molar-refractivity contribution is -0.117. The first-order chi connectivity index (χ1) is 12.0. The topological polar surface area (TPSA) is 89.8 Å². The van der Waals surface area contributed by atoms with E-state index in [4.69, 9.17) is 0 Å². The Hall–Kier alpha value is -3.42. The van der Waals surface area contributed by atoms with Crippen molar-refractivity contribution in [1.82, 2.24) is 20.2 Å². The Morgan fingerprint density at radius 2 is 1.96 bits per heavy atom. The van der Waals surface area contributed by atoms with E-state index in [1.807, 2.05) is 0 Å². The third kappa shape index (κ3) is 3.92. The van der Waals surface area contributed by atoms with Crippen LogP contribution in [0.2, 0.25) is 0 Å². The number of anilines is 1. The number of benzene rings is 2. The summed E-state index contributed by atoms with van der Waals surface area (Å²) in [5, 5.41) is 14.2. The third-order valence-electron chi connectivity index (χ3n) is 3.41. The van der Waals surface area contributed by atoms with Crippen molar-refractivity contribution in [2.24, 2.45) is 0 Å². The molecule has 0 radical (unpaired) electrons. The predicted octanol–water partition coefficient (Wildman–Crippen LogP) is 2.32. The zero-order valence-electron chi connectivity index (χ0n) is 13.3. The number of hydrogen-bond acceptors (Lipinski definition) is 5. The van der Waals surface area contributed by atoms with E-state index in [2.05, 4.69) is 20.7 Å². The number of nitrogens with one attached hydrogen (secondary N) is 1. The fourth-order valence-corrected chi connectivity index (χ4v) is 2.21. The summed E-state index contributed by atoms with van der Waals surface area (Å²) in [6.45, 7) is 1.26. The number of rotatable bonds is 5. The molecule has 0 atom stereocenters. The quantitative estimate of drug-likeness (QED) is 0.721. The molecule has 3 aromatic rings. The molecule has 0 saturated carbocycles. The molecule has 0 spiro atoms. The molecular formula is C17H14FN5O2. The minimum absolute atomic E-state index is 0.0939. The molecule has 1 amide bonds. The minimum Gasteiger partial charge on any atom is -0.324 e. The van der Waals surface area contributed by atoms with Crippen molar-refractivity contribution in [3.8, 4) is 11.4 Å². The predicted molar refractivity (Wildman–Crippen MR) is 88.3 cm³/mol. The number of amides is 1. The Labute approximate surface area is 142 Å². The van der Waals surface area contributed by atoms with Crippen molar-refractivity contribution in [2.75, 3.05) is 5.32 Å². The van der Waals surface area contributed by atoms with Gasteiger partial charge in [-0.05, 0) is 36.4 Å². The lowest BCUT2D eigenvalue weighted by Gasteiger charge is -2.05. The third-order valence-corrected chi connectivity index (χ3v) is 3.41. The van der Waals surface area contributed by atoms with E-state index in [9.17, 15) is 14.0 Å². The second kappa shape index (κ2) is 7.00. The van der Waals surface area contributed by atoms with Crippen LogP contribution in [0.5, 0.6) is 0 Å². The van der Waals surface area contributed by atoms with Gasteiger partial charge in [0.05, 0.1) is 5.56 Å². The SMILES string of the molecule is CC(=O)c1cccc(NC(=O)Cn2nnc(-c3ccccc3F)n2)c1. The molecule has 1 aromatic heterocycles. The van der Waals surface area contributed by atoms with Gasteiger partial charge in [-0.3, -0.25) is 9.59 Å². The summed E-state index contributed by atoms with van der Waals surface area (Å²) in [6, 6.07) is 12.6. The molecular weight excluding hydrogens is 325 g/mol. The number of carbonyl (C=O) groups is 2. The summed E-state index contributed by atoms with van der Waals surface area (Å²) in [6.07, 6.45) is 0. The first-order valence-corrected chi connectivity index (χ1v) is 7.46. The van der Waals surface area contributed by atoms with Crippen LogP contribution in [-0.4, -0.2) is 31.9 Å². The molecule has 8 heteroatoms. The first-order valence-electron chi connectivity index (χ1n) is 7.46.